The second-order valence-electron chi connectivity index (χ2n) is 5.22. The first-order chi connectivity index (χ1) is 8.16. The third-order valence-corrected chi connectivity index (χ3v) is 6.00. The van der Waals surface area contributed by atoms with E-state index in [1.165, 1.54) is 38.5 Å². The average Bonchev–Trinajstić information content (AvgIpc) is 2.30. The summed E-state index contributed by atoms with van der Waals surface area (Å²) >= 11 is 12.5. The first kappa shape index (κ1) is 14.1. The van der Waals surface area contributed by atoms with E-state index in [9.17, 15) is 0 Å². The maximum atomic E-state index is 6.26. The van der Waals surface area contributed by atoms with E-state index >= 15 is 0 Å². The van der Waals surface area contributed by atoms with E-state index < -0.39 is 7.18 Å². The van der Waals surface area contributed by atoms with Crippen molar-refractivity contribution in [3.63, 3.8) is 0 Å². The van der Waals surface area contributed by atoms with Gasteiger partial charge in [-0.15, -0.1) is 0 Å². The van der Waals surface area contributed by atoms with Crippen LogP contribution in [0.1, 0.15) is 64.2 Å². The number of rotatable bonds is 4. The van der Waals surface area contributed by atoms with Crippen LogP contribution in [0.2, 0.25) is 0 Å². The topological polar surface area (TPSA) is 18.5 Å². The van der Waals surface area contributed by atoms with Crippen LogP contribution in [0.25, 0.3) is 0 Å². The lowest BCUT2D eigenvalue weighted by molar-refractivity contribution is 0.0704. The Kier molecular flexibility index (Phi) is 5.62. The Balaban J connectivity index is 1.75. The van der Waals surface area contributed by atoms with Gasteiger partial charge >= 0.3 is 7.18 Å². The van der Waals surface area contributed by atoms with Gasteiger partial charge < -0.3 is 8.85 Å². The Bertz CT molecular complexity index is 205. The predicted octanol–water partition coefficient (Wildman–Crippen LogP) is 4.60. The lowest BCUT2D eigenvalue weighted by Gasteiger charge is -2.31. The molecule has 17 heavy (non-hydrogen) atoms. The van der Waals surface area contributed by atoms with Crippen molar-refractivity contribution in [1.29, 1.82) is 0 Å². The van der Waals surface area contributed by atoms with Gasteiger partial charge in [0, 0.05) is 12.2 Å². The summed E-state index contributed by atoms with van der Waals surface area (Å²) in [5.74, 6) is 0. The predicted molar refractivity (Wildman–Crippen MR) is 73.4 cm³/mol. The van der Waals surface area contributed by atoms with E-state index in [-0.39, 0.29) is 12.2 Å². The molecule has 0 N–H and O–H groups in total. The van der Waals surface area contributed by atoms with Gasteiger partial charge in [-0.25, -0.2) is 0 Å². The van der Waals surface area contributed by atoms with Crippen LogP contribution >= 0.6 is 22.2 Å². The molecule has 0 saturated heterocycles. The van der Waals surface area contributed by atoms with E-state index in [1.807, 2.05) is 0 Å². The van der Waals surface area contributed by atoms with Crippen LogP contribution in [0, 0.1) is 0 Å². The average molecular weight is 297 g/mol. The summed E-state index contributed by atoms with van der Waals surface area (Å²) in [6, 6.07) is 0. The molecular weight excluding hydrogens is 275 g/mol. The Morgan fingerprint density at radius 2 is 1.00 bits per heavy atom. The molecule has 0 radical (unpaired) electrons. The molecule has 0 aromatic heterocycles. The molecule has 0 spiro atoms. The number of hydrogen-bond donors (Lipinski definition) is 0. The molecule has 2 aliphatic carbocycles. The molecular formula is C12H22Cl2O2Si. The molecule has 2 fully saturated rings. The molecule has 0 aliphatic heterocycles. The molecule has 100 valence electrons. The number of hydrogen-bond acceptors (Lipinski definition) is 2. The summed E-state index contributed by atoms with van der Waals surface area (Å²) in [5.41, 5.74) is 0. The van der Waals surface area contributed by atoms with Gasteiger partial charge in [0.15, 0.2) is 0 Å². The minimum absolute atomic E-state index is 0.231. The smallest absolute Gasteiger partial charge is 0.368 e. The van der Waals surface area contributed by atoms with Gasteiger partial charge in [-0.1, -0.05) is 60.7 Å². The molecule has 0 bridgehead atoms. The highest BCUT2D eigenvalue weighted by Gasteiger charge is 2.40. The second kappa shape index (κ2) is 6.76. The van der Waals surface area contributed by atoms with Crippen LogP contribution in [0.4, 0.5) is 0 Å². The Hall–Kier alpha value is 0.717. The van der Waals surface area contributed by atoms with Crippen molar-refractivity contribution in [2.24, 2.45) is 0 Å². The van der Waals surface area contributed by atoms with E-state index in [0.717, 1.165) is 25.7 Å². The molecule has 2 aliphatic rings. The van der Waals surface area contributed by atoms with Gasteiger partial charge in [-0.2, -0.15) is 0 Å². The minimum atomic E-state index is -2.93. The summed E-state index contributed by atoms with van der Waals surface area (Å²) in [7, 11) is -2.93. The van der Waals surface area contributed by atoms with Crippen molar-refractivity contribution in [2.45, 2.75) is 76.4 Å². The maximum Gasteiger partial charge on any atom is 0.551 e. The van der Waals surface area contributed by atoms with Gasteiger partial charge in [0.1, 0.15) is 0 Å². The zero-order chi connectivity index (χ0) is 12.1. The minimum Gasteiger partial charge on any atom is -0.368 e. The quantitative estimate of drug-likeness (QED) is 0.558. The highest BCUT2D eigenvalue weighted by molar-refractivity contribution is 7.39. The van der Waals surface area contributed by atoms with Crippen LogP contribution in [-0.2, 0) is 8.85 Å². The van der Waals surface area contributed by atoms with Crippen LogP contribution in [0.3, 0.4) is 0 Å². The summed E-state index contributed by atoms with van der Waals surface area (Å²) in [4.78, 5) is 0. The normalized spacial score (nSPS) is 25.1. The van der Waals surface area contributed by atoms with Crippen LogP contribution in [-0.4, -0.2) is 19.4 Å². The lowest BCUT2D eigenvalue weighted by atomic mass is 9.98. The van der Waals surface area contributed by atoms with Crippen LogP contribution in [0.5, 0.6) is 0 Å². The lowest BCUT2D eigenvalue weighted by Crippen LogP contribution is -2.39. The van der Waals surface area contributed by atoms with Crippen LogP contribution < -0.4 is 0 Å². The largest absolute Gasteiger partial charge is 0.551 e. The van der Waals surface area contributed by atoms with Gasteiger partial charge in [0.2, 0.25) is 0 Å². The first-order valence-corrected chi connectivity index (χ1v) is 10.7. The van der Waals surface area contributed by atoms with E-state index in [0.29, 0.717) is 0 Å². The Morgan fingerprint density at radius 1 is 0.647 bits per heavy atom. The monoisotopic (exact) mass is 296 g/mol. The summed E-state index contributed by atoms with van der Waals surface area (Å²) in [6.07, 6.45) is 12.3. The SMILES string of the molecule is Cl[Si](Cl)(OC1CCCCC1)OC1CCCCC1. The van der Waals surface area contributed by atoms with Crippen molar-refractivity contribution >= 4 is 29.3 Å². The summed E-state index contributed by atoms with van der Waals surface area (Å²) < 4.78 is 11.7. The van der Waals surface area contributed by atoms with E-state index in [2.05, 4.69) is 0 Å². The van der Waals surface area contributed by atoms with Crippen molar-refractivity contribution < 1.29 is 8.85 Å². The number of halogens is 2. The molecule has 2 rings (SSSR count). The molecule has 2 nitrogen and oxygen atoms in total. The highest BCUT2D eigenvalue weighted by Crippen LogP contribution is 2.31. The standard InChI is InChI=1S/C12H22Cl2O2Si/c13-17(14,15-11-7-3-1-4-8-11)16-12-9-5-2-6-10-12/h11-12H,1-10H2. The van der Waals surface area contributed by atoms with Gasteiger partial charge in [0.25, 0.3) is 0 Å². The third-order valence-electron chi connectivity index (χ3n) is 3.71. The fraction of sp³-hybridized carbons (Fsp3) is 1.00. The summed E-state index contributed by atoms with van der Waals surface area (Å²) in [6.45, 7) is 0. The van der Waals surface area contributed by atoms with Crippen molar-refractivity contribution in [2.75, 3.05) is 0 Å². The molecule has 5 heteroatoms. The fourth-order valence-corrected chi connectivity index (χ4v) is 5.60. The van der Waals surface area contributed by atoms with Gasteiger partial charge in [-0.05, 0) is 25.7 Å². The fourth-order valence-electron chi connectivity index (χ4n) is 2.78. The third kappa shape index (κ3) is 5.07. The van der Waals surface area contributed by atoms with Crippen molar-refractivity contribution in [1.82, 2.24) is 0 Å². The molecule has 0 atom stereocenters. The summed E-state index contributed by atoms with van der Waals surface area (Å²) in [5, 5.41) is 0. The van der Waals surface area contributed by atoms with Gasteiger partial charge in [0.05, 0.1) is 0 Å². The molecule has 2 saturated carbocycles. The first-order valence-electron chi connectivity index (χ1n) is 6.89. The zero-order valence-electron chi connectivity index (χ0n) is 10.3. The Labute approximate surface area is 115 Å². The molecule has 0 amide bonds. The maximum absolute atomic E-state index is 6.26. The molecule has 0 unspecified atom stereocenters. The van der Waals surface area contributed by atoms with Crippen molar-refractivity contribution in [3.05, 3.63) is 0 Å². The van der Waals surface area contributed by atoms with E-state index in [1.54, 1.807) is 0 Å². The highest BCUT2D eigenvalue weighted by atomic mass is 35.7. The zero-order valence-corrected chi connectivity index (χ0v) is 12.8. The van der Waals surface area contributed by atoms with Crippen molar-refractivity contribution in [3.8, 4) is 0 Å². The Morgan fingerprint density at radius 3 is 1.35 bits per heavy atom. The second-order valence-corrected chi connectivity index (χ2v) is 10.2. The van der Waals surface area contributed by atoms with Gasteiger partial charge in [-0.3, -0.25) is 0 Å². The molecule has 0 aromatic carbocycles. The molecule has 0 heterocycles. The molecule has 0 aromatic rings. The van der Waals surface area contributed by atoms with E-state index in [4.69, 9.17) is 31.0 Å². The van der Waals surface area contributed by atoms with Crippen LogP contribution in [0.15, 0.2) is 0 Å².